The topological polar surface area (TPSA) is 88.2 Å². The summed E-state index contributed by atoms with van der Waals surface area (Å²) in [6, 6.07) is 9.46. The number of benzene rings is 1. The zero-order valence-corrected chi connectivity index (χ0v) is 10.1. The van der Waals surface area contributed by atoms with Crippen molar-refractivity contribution >= 4 is 23.0 Å². The van der Waals surface area contributed by atoms with Gasteiger partial charge in [-0.25, -0.2) is 4.79 Å². The van der Waals surface area contributed by atoms with Crippen molar-refractivity contribution in [3.8, 4) is 0 Å². The molecular weight excluding hydrogens is 238 g/mol. The number of amidine groups is 1. The number of thioether (sulfide) groups is 1. The molecule has 0 atom stereocenters. The Morgan fingerprint density at radius 3 is 2.76 bits per heavy atom. The highest BCUT2D eigenvalue weighted by molar-refractivity contribution is 8.13. The van der Waals surface area contributed by atoms with Gasteiger partial charge in [-0.15, -0.1) is 0 Å². The average Bonchev–Trinajstić information content (AvgIpc) is 2.33. The van der Waals surface area contributed by atoms with E-state index in [0.29, 0.717) is 12.3 Å². The van der Waals surface area contributed by atoms with Crippen LogP contribution in [-0.2, 0) is 11.3 Å². The first-order chi connectivity index (χ1) is 8.18. The van der Waals surface area contributed by atoms with Crippen LogP contribution in [0.15, 0.2) is 30.3 Å². The monoisotopic (exact) mass is 253 g/mol. The van der Waals surface area contributed by atoms with Gasteiger partial charge in [0.1, 0.15) is 6.61 Å². The van der Waals surface area contributed by atoms with Gasteiger partial charge in [0.05, 0.1) is 0 Å². The van der Waals surface area contributed by atoms with Gasteiger partial charge in [-0.2, -0.15) is 0 Å². The highest BCUT2D eigenvalue weighted by atomic mass is 32.2. The molecular formula is C11H15N3O2S. The van der Waals surface area contributed by atoms with E-state index in [4.69, 9.17) is 15.9 Å². The lowest BCUT2D eigenvalue weighted by molar-refractivity contribution is 0.140. The van der Waals surface area contributed by atoms with Crippen molar-refractivity contribution in [2.45, 2.75) is 6.61 Å². The highest BCUT2D eigenvalue weighted by Crippen LogP contribution is 2.00. The summed E-state index contributed by atoms with van der Waals surface area (Å²) in [6.07, 6.45) is -0.460. The van der Waals surface area contributed by atoms with E-state index in [1.54, 1.807) is 0 Å². The van der Waals surface area contributed by atoms with Crippen molar-refractivity contribution in [3.05, 3.63) is 35.9 Å². The molecule has 0 spiro atoms. The smallest absolute Gasteiger partial charge is 0.407 e. The van der Waals surface area contributed by atoms with Crippen molar-refractivity contribution in [3.63, 3.8) is 0 Å². The quantitative estimate of drug-likeness (QED) is 0.422. The molecule has 0 saturated carbocycles. The minimum Gasteiger partial charge on any atom is -0.445 e. The van der Waals surface area contributed by atoms with Crippen LogP contribution in [0.1, 0.15) is 5.56 Å². The highest BCUT2D eigenvalue weighted by Gasteiger charge is 2.01. The predicted octanol–water partition coefficient (Wildman–Crippen LogP) is 1.54. The molecule has 0 heterocycles. The number of nitrogens with two attached hydrogens (primary N) is 1. The van der Waals surface area contributed by atoms with E-state index in [9.17, 15) is 4.79 Å². The first-order valence-corrected chi connectivity index (χ1v) is 6.08. The van der Waals surface area contributed by atoms with Gasteiger partial charge < -0.3 is 15.8 Å². The van der Waals surface area contributed by atoms with Gasteiger partial charge in [-0.3, -0.25) is 5.41 Å². The van der Waals surface area contributed by atoms with Crippen molar-refractivity contribution in [1.29, 1.82) is 5.41 Å². The van der Waals surface area contributed by atoms with Crippen LogP contribution in [0.25, 0.3) is 0 Å². The normalized spacial score (nSPS) is 9.65. The largest absolute Gasteiger partial charge is 0.445 e. The summed E-state index contributed by atoms with van der Waals surface area (Å²) in [6.45, 7) is 0.685. The number of ether oxygens (including phenoxy) is 1. The number of nitrogens with one attached hydrogen (secondary N) is 2. The molecule has 17 heavy (non-hydrogen) atoms. The fourth-order valence-electron chi connectivity index (χ4n) is 1.09. The van der Waals surface area contributed by atoms with Gasteiger partial charge in [-0.05, 0) is 5.56 Å². The summed E-state index contributed by atoms with van der Waals surface area (Å²) in [4.78, 5) is 11.2. The van der Waals surface area contributed by atoms with Crippen molar-refractivity contribution in [1.82, 2.24) is 5.32 Å². The third kappa shape index (κ3) is 6.47. The molecule has 6 heteroatoms. The Hall–Kier alpha value is -1.69. The lowest BCUT2D eigenvalue weighted by Gasteiger charge is -2.06. The molecule has 0 aliphatic carbocycles. The fourth-order valence-corrected chi connectivity index (χ4v) is 1.51. The average molecular weight is 253 g/mol. The van der Waals surface area contributed by atoms with Crippen LogP contribution in [0.3, 0.4) is 0 Å². The Bertz CT molecular complexity index is 370. The molecule has 1 aromatic carbocycles. The van der Waals surface area contributed by atoms with E-state index in [0.717, 1.165) is 5.56 Å². The Balaban J connectivity index is 2.11. The van der Waals surface area contributed by atoms with Gasteiger partial charge in [-0.1, -0.05) is 42.1 Å². The van der Waals surface area contributed by atoms with Crippen molar-refractivity contribution < 1.29 is 9.53 Å². The van der Waals surface area contributed by atoms with Crippen LogP contribution >= 0.6 is 11.8 Å². The van der Waals surface area contributed by atoms with E-state index in [-0.39, 0.29) is 11.8 Å². The maximum Gasteiger partial charge on any atom is 0.407 e. The molecule has 0 bridgehead atoms. The van der Waals surface area contributed by atoms with E-state index >= 15 is 0 Å². The molecule has 0 unspecified atom stereocenters. The molecule has 1 rings (SSSR count). The molecule has 5 nitrogen and oxygen atoms in total. The number of rotatable bonds is 5. The lowest BCUT2D eigenvalue weighted by Crippen LogP contribution is -2.27. The number of carbonyl (C=O) groups excluding carboxylic acids is 1. The first-order valence-electron chi connectivity index (χ1n) is 5.10. The zero-order valence-electron chi connectivity index (χ0n) is 9.31. The molecule has 0 aromatic heterocycles. The Morgan fingerprint density at radius 1 is 1.41 bits per heavy atom. The molecule has 0 saturated heterocycles. The van der Waals surface area contributed by atoms with Crippen LogP contribution in [-0.4, -0.2) is 23.6 Å². The van der Waals surface area contributed by atoms with Gasteiger partial charge in [0.2, 0.25) is 0 Å². The Labute approximate surface area is 104 Å². The number of hydrogen-bond donors (Lipinski definition) is 3. The van der Waals surface area contributed by atoms with Gasteiger partial charge >= 0.3 is 6.09 Å². The number of alkyl carbamates (subject to hydrolysis) is 1. The Kier molecular flexibility index (Phi) is 5.95. The summed E-state index contributed by atoms with van der Waals surface area (Å²) in [7, 11) is 0. The van der Waals surface area contributed by atoms with E-state index in [1.807, 2.05) is 30.3 Å². The minimum atomic E-state index is -0.460. The van der Waals surface area contributed by atoms with E-state index < -0.39 is 6.09 Å². The molecule has 1 aromatic rings. The second kappa shape index (κ2) is 7.56. The molecule has 92 valence electrons. The third-order valence-electron chi connectivity index (χ3n) is 1.84. The Morgan fingerprint density at radius 2 is 2.12 bits per heavy atom. The predicted molar refractivity (Wildman–Crippen MR) is 69.0 cm³/mol. The van der Waals surface area contributed by atoms with Crippen LogP contribution in [0.5, 0.6) is 0 Å². The summed E-state index contributed by atoms with van der Waals surface area (Å²) >= 11 is 1.18. The van der Waals surface area contributed by atoms with Gasteiger partial charge in [0, 0.05) is 12.3 Å². The number of amides is 1. The second-order valence-corrected chi connectivity index (χ2v) is 4.34. The first kappa shape index (κ1) is 13.4. The summed E-state index contributed by atoms with van der Waals surface area (Å²) in [5.41, 5.74) is 6.09. The SMILES string of the molecule is N=C(N)SCCNC(=O)OCc1ccccc1. The van der Waals surface area contributed by atoms with Gasteiger partial charge in [0.15, 0.2) is 5.17 Å². The lowest BCUT2D eigenvalue weighted by atomic mass is 10.2. The van der Waals surface area contributed by atoms with Gasteiger partial charge in [0.25, 0.3) is 0 Å². The number of carbonyl (C=O) groups is 1. The minimum absolute atomic E-state index is 0.0458. The molecule has 0 radical (unpaired) electrons. The molecule has 0 aliphatic rings. The molecule has 1 amide bonds. The third-order valence-corrected chi connectivity index (χ3v) is 2.56. The molecule has 0 fully saturated rings. The number of hydrogen-bond acceptors (Lipinski definition) is 4. The summed E-state index contributed by atoms with van der Waals surface area (Å²) in [5.74, 6) is 0.565. The second-order valence-electron chi connectivity index (χ2n) is 3.20. The van der Waals surface area contributed by atoms with Crippen LogP contribution in [0.4, 0.5) is 4.79 Å². The van der Waals surface area contributed by atoms with Crippen LogP contribution in [0.2, 0.25) is 0 Å². The fraction of sp³-hybridized carbons (Fsp3) is 0.273. The van der Waals surface area contributed by atoms with Crippen LogP contribution in [0, 0.1) is 5.41 Å². The summed E-state index contributed by atoms with van der Waals surface area (Å²) < 4.78 is 4.99. The van der Waals surface area contributed by atoms with Crippen LogP contribution < -0.4 is 11.1 Å². The standard InChI is InChI=1S/C11H15N3O2S/c12-10(13)17-7-6-14-11(15)16-8-9-4-2-1-3-5-9/h1-5H,6-8H2,(H3,12,13)(H,14,15). The maximum absolute atomic E-state index is 11.2. The van der Waals surface area contributed by atoms with Crippen molar-refractivity contribution in [2.75, 3.05) is 12.3 Å². The van der Waals surface area contributed by atoms with Crippen molar-refractivity contribution in [2.24, 2.45) is 5.73 Å². The summed E-state index contributed by atoms with van der Waals surface area (Å²) in [5, 5.41) is 9.59. The van der Waals surface area contributed by atoms with E-state index in [1.165, 1.54) is 11.8 Å². The molecule has 0 aliphatic heterocycles. The van der Waals surface area contributed by atoms with E-state index in [2.05, 4.69) is 5.32 Å². The zero-order chi connectivity index (χ0) is 12.5. The maximum atomic E-state index is 11.2. The molecule has 4 N–H and O–H groups in total.